The van der Waals surface area contributed by atoms with Crippen molar-refractivity contribution in [2.24, 2.45) is 0 Å². The maximum atomic E-state index is 11.9. The average Bonchev–Trinajstić information content (AvgIpc) is 2.27. The second-order valence-electron chi connectivity index (χ2n) is 4.61. The van der Waals surface area contributed by atoms with Crippen molar-refractivity contribution in [1.82, 2.24) is 5.32 Å². The molecular formula is C13H17NO4. The van der Waals surface area contributed by atoms with E-state index in [2.05, 4.69) is 5.32 Å². The molecule has 0 saturated carbocycles. The summed E-state index contributed by atoms with van der Waals surface area (Å²) < 4.78 is 5.40. The monoisotopic (exact) mass is 251 g/mol. The minimum absolute atomic E-state index is 0.0748. The number of hydrogen-bond donors (Lipinski definition) is 3. The van der Waals surface area contributed by atoms with Crippen molar-refractivity contribution >= 4 is 5.91 Å². The topological polar surface area (TPSA) is 78.8 Å². The number of phenolic OH excluding ortho intramolecular Hbond substituents is 2. The van der Waals surface area contributed by atoms with Gasteiger partial charge in [-0.3, -0.25) is 4.79 Å². The molecule has 1 saturated heterocycles. The minimum atomic E-state index is -0.291. The third-order valence-electron chi connectivity index (χ3n) is 2.99. The third-order valence-corrected chi connectivity index (χ3v) is 2.99. The normalized spacial score (nSPS) is 23.6. The van der Waals surface area contributed by atoms with Crippen LogP contribution in [0, 0.1) is 0 Å². The molecule has 1 fully saturated rings. The summed E-state index contributed by atoms with van der Waals surface area (Å²) in [5.74, 6) is -0.540. The molecule has 1 amide bonds. The van der Waals surface area contributed by atoms with Crippen LogP contribution in [0.1, 0.15) is 30.1 Å². The lowest BCUT2D eigenvalue weighted by atomic mass is 10.0. The van der Waals surface area contributed by atoms with Gasteiger partial charge in [0, 0.05) is 24.3 Å². The van der Waals surface area contributed by atoms with Crippen molar-refractivity contribution in [3.05, 3.63) is 23.8 Å². The van der Waals surface area contributed by atoms with Gasteiger partial charge in [0.15, 0.2) is 0 Å². The van der Waals surface area contributed by atoms with E-state index in [-0.39, 0.29) is 35.1 Å². The Bertz CT molecular complexity index is 426. The molecule has 0 bridgehead atoms. The van der Waals surface area contributed by atoms with Crippen molar-refractivity contribution < 1.29 is 19.7 Å². The predicted octanol–water partition coefficient (Wildman–Crippen LogP) is 1.40. The highest BCUT2D eigenvalue weighted by molar-refractivity contribution is 5.95. The lowest BCUT2D eigenvalue weighted by Gasteiger charge is -2.27. The molecule has 1 heterocycles. The van der Waals surface area contributed by atoms with Gasteiger partial charge in [-0.25, -0.2) is 0 Å². The molecule has 2 rings (SSSR count). The number of carbonyl (C=O) groups excluding carboxylic acids is 1. The largest absolute Gasteiger partial charge is 0.508 e. The first kappa shape index (κ1) is 12.7. The number of nitrogens with one attached hydrogen (secondary N) is 1. The summed E-state index contributed by atoms with van der Waals surface area (Å²) >= 11 is 0. The van der Waals surface area contributed by atoms with Gasteiger partial charge in [0.1, 0.15) is 11.5 Å². The molecule has 1 aromatic carbocycles. The molecule has 1 aliphatic heterocycles. The van der Waals surface area contributed by atoms with Gasteiger partial charge in [-0.05, 0) is 31.9 Å². The van der Waals surface area contributed by atoms with Crippen LogP contribution in [0.15, 0.2) is 18.2 Å². The lowest BCUT2D eigenvalue weighted by molar-refractivity contribution is 0.0136. The van der Waals surface area contributed by atoms with Crippen LogP contribution in [0.4, 0.5) is 0 Å². The fraction of sp³-hybridized carbons (Fsp3) is 0.462. The number of carbonyl (C=O) groups is 1. The number of rotatable bonds is 2. The number of hydrogen-bond acceptors (Lipinski definition) is 4. The summed E-state index contributed by atoms with van der Waals surface area (Å²) in [6, 6.07) is 3.92. The molecule has 0 aromatic heterocycles. The molecule has 2 unspecified atom stereocenters. The van der Waals surface area contributed by atoms with Crippen molar-refractivity contribution in [2.75, 3.05) is 6.61 Å². The van der Waals surface area contributed by atoms with E-state index in [9.17, 15) is 15.0 Å². The molecule has 3 N–H and O–H groups in total. The van der Waals surface area contributed by atoms with Gasteiger partial charge >= 0.3 is 0 Å². The van der Waals surface area contributed by atoms with Gasteiger partial charge in [0.2, 0.25) is 0 Å². The zero-order valence-electron chi connectivity index (χ0n) is 10.2. The van der Waals surface area contributed by atoms with E-state index in [1.54, 1.807) is 0 Å². The third kappa shape index (κ3) is 3.13. The summed E-state index contributed by atoms with van der Waals surface area (Å²) in [7, 11) is 0. The first-order valence-electron chi connectivity index (χ1n) is 6.00. The van der Waals surface area contributed by atoms with E-state index in [1.165, 1.54) is 18.2 Å². The standard InChI is InChI=1S/C13H17NO4/c1-8-4-10(2-3-18-8)14-13(17)9-5-11(15)7-12(16)6-9/h5-8,10,15-16H,2-4H2,1H3,(H,14,17). The predicted molar refractivity (Wildman–Crippen MR) is 65.7 cm³/mol. The molecule has 98 valence electrons. The Hall–Kier alpha value is -1.75. The number of amides is 1. The highest BCUT2D eigenvalue weighted by Crippen LogP contribution is 2.21. The van der Waals surface area contributed by atoms with Crippen molar-refractivity contribution in [1.29, 1.82) is 0 Å². The van der Waals surface area contributed by atoms with E-state index in [0.717, 1.165) is 12.8 Å². The number of benzene rings is 1. The van der Waals surface area contributed by atoms with Crippen LogP contribution in [-0.4, -0.2) is 34.9 Å². The van der Waals surface area contributed by atoms with E-state index < -0.39 is 0 Å². The number of phenols is 2. The van der Waals surface area contributed by atoms with Gasteiger partial charge in [0.25, 0.3) is 5.91 Å². The Morgan fingerprint density at radius 3 is 2.61 bits per heavy atom. The quantitative estimate of drug-likeness (QED) is 0.742. The van der Waals surface area contributed by atoms with Crippen LogP contribution < -0.4 is 5.32 Å². The molecule has 1 aliphatic rings. The fourth-order valence-corrected chi connectivity index (χ4v) is 2.12. The van der Waals surface area contributed by atoms with E-state index in [1.807, 2.05) is 6.92 Å². The molecular weight excluding hydrogens is 234 g/mol. The summed E-state index contributed by atoms with van der Waals surface area (Å²) in [4.78, 5) is 11.9. The second kappa shape index (κ2) is 5.27. The number of aromatic hydroxyl groups is 2. The van der Waals surface area contributed by atoms with Gasteiger partial charge in [-0.1, -0.05) is 0 Å². The maximum Gasteiger partial charge on any atom is 0.251 e. The Balaban J connectivity index is 2.02. The first-order chi connectivity index (χ1) is 8.54. The highest BCUT2D eigenvalue weighted by atomic mass is 16.5. The Labute approximate surface area is 105 Å². The maximum absolute atomic E-state index is 11.9. The summed E-state index contributed by atoms with van der Waals surface area (Å²) in [5, 5.41) is 21.5. The molecule has 18 heavy (non-hydrogen) atoms. The molecule has 5 nitrogen and oxygen atoms in total. The molecule has 0 spiro atoms. The fourth-order valence-electron chi connectivity index (χ4n) is 2.12. The second-order valence-corrected chi connectivity index (χ2v) is 4.61. The van der Waals surface area contributed by atoms with Crippen LogP contribution >= 0.6 is 0 Å². The molecule has 2 atom stereocenters. The van der Waals surface area contributed by atoms with Gasteiger partial charge in [0.05, 0.1) is 6.10 Å². The first-order valence-corrected chi connectivity index (χ1v) is 6.00. The van der Waals surface area contributed by atoms with Crippen LogP contribution in [0.2, 0.25) is 0 Å². The van der Waals surface area contributed by atoms with Crippen molar-refractivity contribution in [3.8, 4) is 11.5 Å². The van der Waals surface area contributed by atoms with E-state index in [4.69, 9.17) is 4.74 Å². The van der Waals surface area contributed by atoms with Gasteiger partial charge in [-0.15, -0.1) is 0 Å². The van der Waals surface area contributed by atoms with Crippen LogP contribution in [0.25, 0.3) is 0 Å². The van der Waals surface area contributed by atoms with Gasteiger partial charge in [-0.2, -0.15) is 0 Å². The number of ether oxygens (including phenoxy) is 1. The average molecular weight is 251 g/mol. The lowest BCUT2D eigenvalue weighted by Crippen LogP contribution is -2.41. The molecule has 0 aliphatic carbocycles. The highest BCUT2D eigenvalue weighted by Gasteiger charge is 2.21. The van der Waals surface area contributed by atoms with Crippen molar-refractivity contribution in [2.45, 2.75) is 31.9 Å². The molecule has 5 heteroatoms. The summed E-state index contributed by atoms with van der Waals surface area (Å²) in [6.45, 7) is 2.61. The summed E-state index contributed by atoms with van der Waals surface area (Å²) in [5.41, 5.74) is 0.256. The van der Waals surface area contributed by atoms with E-state index >= 15 is 0 Å². The Morgan fingerprint density at radius 2 is 2.00 bits per heavy atom. The Morgan fingerprint density at radius 1 is 1.33 bits per heavy atom. The van der Waals surface area contributed by atoms with Crippen LogP contribution in [0.5, 0.6) is 11.5 Å². The van der Waals surface area contributed by atoms with Crippen LogP contribution in [0.3, 0.4) is 0 Å². The smallest absolute Gasteiger partial charge is 0.251 e. The Kier molecular flexibility index (Phi) is 3.72. The zero-order valence-corrected chi connectivity index (χ0v) is 10.2. The van der Waals surface area contributed by atoms with Gasteiger partial charge < -0.3 is 20.3 Å². The molecule has 0 radical (unpaired) electrons. The van der Waals surface area contributed by atoms with E-state index in [0.29, 0.717) is 6.61 Å². The minimum Gasteiger partial charge on any atom is -0.508 e. The summed E-state index contributed by atoms with van der Waals surface area (Å²) in [6.07, 6.45) is 1.69. The molecule has 1 aromatic rings. The zero-order chi connectivity index (χ0) is 13.1. The van der Waals surface area contributed by atoms with Crippen molar-refractivity contribution in [3.63, 3.8) is 0 Å². The SMILES string of the molecule is CC1CC(NC(=O)c2cc(O)cc(O)c2)CCO1. The van der Waals surface area contributed by atoms with Crippen LogP contribution in [-0.2, 0) is 4.74 Å².